The lowest BCUT2D eigenvalue weighted by molar-refractivity contribution is 0.124. The zero-order valence-corrected chi connectivity index (χ0v) is 13.6. The molecular formula is C15H15N5O3S. The number of nitrogens with zero attached hydrogens (tertiary/aromatic N) is 5. The molecule has 0 unspecified atom stereocenters. The van der Waals surface area contributed by atoms with Crippen LogP contribution in [0.25, 0.3) is 0 Å². The predicted molar refractivity (Wildman–Crippen MR) is 83.4 cm³/mol. The van der Waals surface area contributed by atoms with Crippen molar-refractivity contribution < 1.29 is 13.2 Å². The molecule has 1 aliphatic rings. The van der Waals surface area contributed by atoms with E-state index in [1.165, 1.54) is 35.2 Å². The predicted octanol–water partition coefficient (Wildman–Crippen LogP) is 0.975. The van der Waals surface area contributed by atoms with Crippen LogP contribution in [0.1, 0.15) is 18.5 Å². The average Bonchev–Trinajstić information content (AvgIpc) is 2.63. The van der Waals surface area contributed by atoms with E-state index in [-0.39, 0.29) is 29.1 Å². The molecule has 9 heteroatoms. The topological polar surface area (TPSA) is 109 Å². The Kier molecular flexibility index (Phi) is 4.69. The van der Waals surface area contributed by atoms with Gasteiger partial charge in [0, 0.05) is 31.3 Å². The SMILES string of the molecule is N#Cc1nccnc1O[C@H]1CCCN(S(=O)(=O)c2cccnc2)C1. The molecule has 124 valence electrons. The Morgan fingerprint density at radius 2 is 2.12 bits per heavy atom. The molecule has 0 aliphatic carbocycles. The highest BCUT2D eigenvalue weighted by Gasteiger charge is 2.31. The van der Waals surface area contributed by atoms with Crippen LogP contribution in [0.5, 0.6) is 5.88 Å². The third-order valence-electron chi connectivity index (χ3n) is 3.66. The van der Waals surface area contributed by atoms with Crippen molar-refractivity contribution in [3.63, 3.8) is 0 Å². The van der Waals surface area contributed by atoms with Gasteiger partial charge in [-0.1, -0.05) is 0 Å². The molecule has 3 rings (SSSR count). The summed E-state index contributed by atoms with van der Waals surface area (Å²) in [7, 11) is -3.61. The first-order valence-electron chi connectivity index (χ1n) is 7.39. The summed E-state index contributed by atoms with van der Waals surface area (Å²) in [6, 6.07) is 5.02. The van der Waals surface area contributed by atoms with E-state index < -0.39 is 10.0 Å². The van der Waals surface area contributed by atoms with Gasteiger partial charge in [0.25, 0.3) is 5.88 Å². The molecule has 0 bridgehead atoms. The first-order chi connectivity index (χ1) is 11.6. The third-order valence-corrected chi connectivity index (χ3v) is 5.51. The highest BCUT2D eigenvalue weighted by molar-refractivity contribution is 7.89. The van der Waals surface area contributed by atoms with Gasteiger partial charge in [-0.3, -0.25) is 4.98 Å². The Morgan fingerprint density at radius 3 is 2.88 bits per heavy atom. The van der Waals surface area contributed by atoms with Crippen LogP contribution >= 0.6 is 0 Å². The number of rotatable bonds is 4. The van der Waals surface area contributed by atoms with Crippen LogP contribution in [0.4, 0.5) is 0 Å². The number of aromatic nitrogens is 3. The molecule has 1 atom stereocenters. The summed E-state index contributed by atoms with van der Waals surface area (Å²) in [5.74, 6) is 0.130. The quantitative estimate of drug-likeness (QED) is 0.812. The van der Waals surface area contributed by atoms with Gasteiger partial charge in [-0.05, 0) is 25.0 Å². The minimum atomic E-state index is -3.61. The van der Waals surface area contributed by atoms with Gasteiger partial charge in [0.15, 0.2) is 0 Å². The van der Waals surface area contributed by atoms with Crippen LogP contribution in [-0.2, 0) is 10.0 Å². The van der Waals surface area contributed by atoms with Crippen molar-refractivity contribution in [3.05, 3.63) is 42.6 Å². The summed E-state index contributed by atoms with van der Waals surface area (Å²) in [5, 5.41) is 9.03. The highest BCUT2D eigenvalue weighted by atomic mass is 32.2. The molecule has 1 fully saturated rings. The van der Waals surface area contributed by atoms with E-state index in [0.717, 1.165) is 0 Å². The monoisotopic (exact) mass is 345 g/mol. The smallest absolute Gasteiger partial charge is 0.251 e. The second-order valence-corrected chi connectivity index (χ2v) is 7.19. The summed E-state index contributed by atoms with van der Waals surface area (Å²) in [6.07, 6.45) is 6.66. The maximum Gasteiger partial charge on any atom is 0.251 e. The third kappa shape index (κ3) is 3.34. The molecule has 24 heavy (non-hydrogen) atoms. The van der Waals surface area contributed by atoms with Crippen LogP contribution in [0.2, 0.25) is 0 Å². The molecule has 8 nitrogen and oxygen atoms in total. The first kappa shape index (κ1) is 16.3. The second-order valence-electron chi connectivity index (χ2n) is 5.26. The van der Waals surface area contributed by atoms with Crippen LogP contribution in [0, 0.1) is 11.3 Å². The molecule has 2 aromatic heterocycles. The Bertz CT molecular complexity index is 851. The van der Waals surface area contributed by atoms with E-state index in [1.54, 1.807) is 6.07 Å². The molecule has 3 heterocycles. The van der Waals surface area contributed by atoms with E-state index in [9.17, 15) is 8.42 Å². The van der Waals surface area contributed by atoms with Gasteiger partial charge < -0.3 is 4.74 Å². The summed E-state index contributed by atoms with van der Waals surface area (Å²) >= 11 is 0. The second kappa shape index (κ2) is 6.90. The summed E-state index contributed by atoms with van der Waals surface area (Å²) in [6.45, 7) is 0.612. The van der Waals surface area contributed by atoms with Crippen molar-refractivity contribution in [1.82, 2.24) is 19.3 Å². The van der Waals surface area contributed by atoms with Gasteiger partial charge >= 0.3 is 0 Å². The van der Waals surface area contributed by atoms with E-state index in [4.69, 9.17) is 10.00 Å². The number of hydrogen-bond acceptors (Lipinski definition) is 7. The molecule has 1 saturated heterocycles. The Hall–Kier alpha value is -2.57. The molecule has 0 saturated carbocycles. The van der Waals surface area contributed by atoms with Gasteiger partial charge in [0.1, 0.15) is 17.1 Å². The van der Waals surface area contributed by atoms with Gasteiger partial charge in [-0.15, -0.1) is 0 Å². The highest BCUT2D eigenvalue weighted by Crippen LogP contribution is 2.23. The number of sulfonamides is 1. The van der Waals surface area contributed by atoms with Crippen LogP contribution in [0.15, 0.2) is 41.8 Å². The van der Waals surface area contributed by atoms with Crippen LogP contribution in [-0.4, -0.2) is 46.9 Å². The van der Waals surface area contributed by atoms with Gasteiger partial charge in [-0.2, -0.15) is 9.57 Å². The van der Waals surface area contributed by atoms with E-state index >= 15 is 0 Å². The fourth-order valence-electron chi connectivity index (χ4n) is 2.51. The molecule has 2 aromatic rings. The molecule has 0 aromatic carbocycles. The lowest BCUT2D eigenvalue weighted by Crippen LogP contribution is -2.44. The van der Waals surface area contributed by atoms with E-state index in [1.807, 2.05) is 6.07 Å². The summed E-state index contributed by atoms with van der Waals surface area (Å²) in [4.78, 5) is 11.9. The average molecular weight is 345 g/mol. The van der Waals surface area contributed by atoms with E-state index in [0.29, 0.717) is 19.4 Å². The molecule has 0 spiro atoms. The number of piperidine rings is 1. The van der Waals surface area contributed by atoms with Gasteiger partial charge in [0.05, 0.1) is 6.54 Å². The Morgan fingerprint density at radius 1 is 1.29 bits per heavy atom. The molecule has 0 radical (unpaired) electrons. The fourth-order valence-corrected chi connectivity index (χ4v) is 3.99. The zero-order chi connectivity index (χ0) is 17.0. The minimum Gasteiger partial charge on any atom is -0.471 e. The summed E-state index contributed by atoms with van der Waals surface area (Å²) in [5.41, 5.74) is 0.0877. The zero-order valence-electron chi connectivity index (χ0n) is 12.7. The normalized spacial score (nSPS) is 18.7. The molecule has 0 amide bonds. The van der Waals surface area contributed by atoms with Crippen LogP contribution < -0.4 is 4.74 Å². The van der Waals surface area contributed by atoms with Crippen molar-refractivity contribution in [2.45, 2.75) is 23.8 Å². The maximum atomic E-state index is 12.7. The van der Waals surface area contributed by atoms with Crippen molar-refractivity contribution in [3.8, 4) is 11.9 Å². The molecular weight excluding hydrogens is 330 g/mol. The lowest BCUT2D eigenvalue weighted by Gasteiger charge is -2.31. The van der Waals surface area contributed by atoms with Crippen molar-refractivity contribution in [1.29, 1.82) is 5.26 Å². The minimum absolute atomic E-state index is 0.0877. The Balaban J connectivity index is 1.77. The van der Waals surface area contributed by atoms with Crippen molar-refractivity contribution in [2.75, 3.05) is 13.1 Å². The summed E-state index contributed by atoms with van der Waals surface area (Å²) < 4.78 is 32.4. The fraction of sp³-hybridized carbons (Fsp3) is 0.333. The number of hydrogen-bond donors (Lipinski definition) is 0. The Labute approximate surface area is 139 Å². The van der Waals surface area contributed by atoms with Gasteiger partial charge in [0.2, 0.25) is 15.7 Å². The van der Waals surface area contributed by atoms with Crippen molar-refractivity contribution >= 4 is 10.0 Å². The maximum absolute atomic E-state index is 12.7. The van der Waals surface area contributed by atoms with Crippen molar-refractivity contribution in [2.24, 2.45) is 0 Å². The van der Waals surface area contributed by atoms with Gasteiger partial charge in [-0.25, -0.2) is 18.4 Å². The molecule has 1 aliphatic heterocycles. The van der Waals surface area contributed by atoms with Crippen LogP contribution in [0.3, 0.4) is 0 Å². The number of ether oxygens (including phenoxy) is 1. The number of nitriles is 1. The standard InChI is InChI=1S/C15H15N5O3S/c16-9-14-15(19-7-6-18-14)23-12-3-2-8-20(11-12)24(21,22)13-4-1-5-17-10-13/h1,4-7,10,12H,2-3,8,11H2/t12-/m0/s1. The lowest BCUT2D eigenvalue weighted by atomic mass is 10.1. The largest absolute Gasteiger partial charge is 0.471 e. The number of pyridine rings is 1. The molecule has 0 N–H and O–H groups in total. The first-order valence-corrected chi connectivity index (χ1v) is 8.83. The van der Waals surface area contributed by atoms with E-state index in [2.05, 4.69) is 15.0 Å².